The predicted molar refractivity (Wildman–Crippen MR) is 120 cm³/mol. The smallest absolute Gasteiger partial charge is 0.224 e. The minimum absolute atomic E-state index is 0.0406. The predicted octanol–water partition coefficient (Wildman–Crippen LogP) is 4.92. The molecule has 1 unspecified atom stereocenters. The Balaban J connectivity index is 0.000000158. The normalized spacial score (nSPS) is 16.2. The van der Waals surface area contributed by atoms with E-state index in [2.05, 4.69) is 12.1 Å². The van der Waals surface area contributed by atoms with Gasteiger partial charge < -0.3 is 5.73 Å². The first kappa shape index (κ1) is 20.1. The van der Waals surface area contributed by atoms with Crippen LogP contribution in [0.3, 0.4) is 0 Å². The quantitative estimate of drug-likeness (QED) is 0.638. The van der Waals surface area contributed by atoms with Crippen LogP contribution in [0.25, 0.3) is 0 Å². The second-order valence-corrected chi connectivity index (χ2v) is 8.18. The first-order chi connectivity index (χ1) is 14.5. The Hall–Kier alpha value is -3.20. The highest BCUT2D eigenvalue weighted by atomic mass is 16.1. The van der Waals surface area contributed by atoms with E-state index in [9.17, 15) is 9.59 Å². The summed E-state index contributed by atoms with van der Waals surface area (Å²) in [5.41, 5.74) is 13.2. The zero-order valence-corrected chi connectivity index (χ0v) is 17.4. The van der Waals surface area contributed by atoms with Crippen LogP contribution in [0.4, 0.5) is 0 Å². The number of nitrogens with two attached hydrogens (primary N) is 1. The molecule has 30 heavy (non-hydrogen) atoms. The number of carbonyl (C=O) groups excluding carboxylic acids is 2. The van der Waals surface area contributed by atoms with Crippen LogP contribution in [0.2, 0.25) is 0 Å². The van der Waals surface area contributed by atoms with E-state index in [4.69, 9.17) is 5.73 Å². The molecule has 0 bridgehead atoms. The number of hydrogen-bond donors (Lipinski definition) is 1. The maximum absolute atomic E-state index is 12.5. The summed E-state index contributed by atoms with van der Waals surface area (Å²) in [5.74, 6) is -0.0742. The summed E-state index contributed by atoms with van der Waals surface area (Å²) in [7, 11) is 0. The Labute approximate surface area is 177 Å². The van der Waals surface area contributed by atoms with E-state index in [1.807, 2.05) is 61.5 Å². The summed E-state index contributed by atoms with van der Waals surface area (Å²) in [4.78, 5) is 23.5. The molecule has 3 aromatic carbocycles. The molecule has 0 saturated heterocycles. The highest BCUT2D eigenvalue weighted by molar-refractivity contribution is 6.10. The molecule has 1 amide bonds. The van der Waals surface area contributed by atoms with Crippen LogP contribution >= 0.6 is 0 Å². The monoisotopic (exact) mass is 397 g/mol. The second-order valence-electron chi connectivity index (χ2n) is 8.18. The van der Waals surface area contributed by atoms with Gasteiger partial charge in [-0.2, -0.15) is 0 Å². The summed E-state index contributed by atoms with van der Waals surface area (Å²) in [6.45, 7) is 2.04. The van der Waals surface area contributed by atoms with E-state index in [-0.39, 0.29) is 17.6 Å². The van der Waals surface area contributed by atoms with Crippen LogP contribution in [0.15, 0.2) is 66.7 Å². The van der Waals surface area contributed by atoms with Gasteiger partial charge in [0.2, 0.25) is 5.91 Å². The van der Waals surface area contributed by atoms with Gasteiger partial charge in [0.25, 0.3) is 0 Å². The molecule has 2 aliphatic rings. The Kier molecular flexibility index (Phi) is 5.80. The molecule has 0 spiro atoms. The molecule has 5 rings (SSSR count). The van der Waals surface area contributed by atoms with Gasteiger partial charge in [-0.3, -0.25) is 9.59 Å². The molecule has 0 fully saturated rings. The van der Waals surface area contributed by atoms with Gasteiger partial charge >= 0.3 is 0 Å². The SMILES string of the molecule is Cc1ccc(C(=O)c2cccc3c2CCC3)cc1.NC(=O)C1CCc2ccccc21. The van der Waals surface area contributed by atoms with Gasteiger partial charge in [0, 0.05) is 11.1 Å². The zero-order valence-electron chi connectivity index (χ0n) is 17.4. The second kappa shape index (κ2) is 8.66. The van der Waals surface area contributed by atoms with E-state index >= 15 is 0 Å². The van der Waals surface area contributed by atoms with Crippen molar-refractivity contribution in [2.45, 2.75) is 44.9 Å². The molecule has 3 nitrogen and oxygen atoms in total. The van der Waals surface area contributed by atoms with Gasteiger partial charge in [-0.05, 0) is 61.3 Å². The Bertz CT molecular complexity index is 1080. The van der Waals surface area contributed by atoms with E-state index in [0.29, 0.717) is 0 Å². The molecular formula is C27H27NO2. The molecule has 0 aliphatic heterocycles. The molecule has 2 N–H and O–H groups in total. The zero-order chi connectivity index (χ0) is 21.1. The maximum Gasteiger partial charge on any atom is 0.224 e. The fraction of sp³-hybridized carbons (Fsp3) is 0.259. The van der Waals surface area contributed by atoms with Crippen LogP contribution in [-0.4, -0.2) is 11.7 Å². The fourth-order valence-corrected chi connectivity index (χ4v) is 4.55. The molecule has 0 heterocycles. The third-order valence-electron chi connectivity index (χ3n) is 6.18. The van der Waals surface area contributed by atoms with Crippen molar-refractivity contribution in [2.24, 2.45) is 5.73 Å². The van der Waals surface area contributed by atoms with Gasteiger partial charge in [-0.25, -0.2) is 0 Å². The largest absolute Gasteiger partial charge is 0.369 e. The van der Waals surface area contributed by atoms with Crippen LogP contribution in [-0.2, 0) is 24.1 Å². The average molecular weight is 398 g/mol. The number of rotatable bonds is 3. The molecule has 3 aromatic rings. The molecule has 152 valence electrons. The standard InChI is InChI=1S/C17H16O.C10H11NO/c1-12-8-10-14(11-9-12)17(18)16-7-3-5-13-4-2-6-15(13)16;11-10(12)9-6-5-7-3-1-2-4-8(7)9/h3,5,7-11H,2,4,6H2,1H3;1-4,9H,5-6H2,(H2,11,12). The van der Waals surface area contributed by atoms with Crippen LogP contribution in [0.1, 0.15) is 62.5 Å². The number of benzene rings is 3. The van der Waals surface area contributed by atoms with Crippen molar-refractivity contribution in [3.63, 3.8) is 0 Å². The molecule has 0 radical (unpaired) electrons. The third-order valence-corrected chi connectivity index (χ3v) is 6.18. The van der Waals surface area contributed by atoms with Crippen molar-refractivity contribution in [1.29, 1.82) is 0 Å². The molecule has 3 heteroatoms. The Morgan fingerprint density at radius 3 is 2.33 bits per heavy atom. The molecule has 2 aliphatic carbocycles. The summed E-state index contributed by atoms with van der Waals surface area (Å²) < 4.78 is 0. The lowest BCUT2D eigenvalue weighted by molar-refractivity contribution is -0.119. The molecule has 0 saturated carbocycles. The summed E-state index contributed by atoms with van der Waals surface area (Å²) in [6, 6.07) is 22.0. The van der Waals surface area contributed by atoms with E-state index < -0.39 is 0 Å². The third kappa shape index (κ3) is 4.06. The average Bonchev–Trinajstić information content (AvgIpc) is 3.41. The minimum atomic E-state index is -0.194. The number of amides is 1. The topological polar surface area (TPSA) is 60.2 Å². The Morgan fingerprint density at radius 1 is 0.833 bits per heavy atom. The van der Waals surface area contributed by atoms with E-state index in [1.165, 1.54) is 28.7 Å². The number of ketones is 1. The lowest BCUT2D eigenvalue weighted by Gasteiger charge is -2.07. The first-order valence-corrected chi connectivity index (χ1v) is 10.6. The van der Waals surface area contributed by atoms with Crippen molar-refractivity contribution in [3.05, 3.63) is 106 Å². The van der Waals surface area contributed by atoms with Crippen molar-refractivity contribution < 1.29 is 9.59 Å². The van der Waals surface area contributed by atoms with Crippen molar-refractivity contribution in [1.82, 2.24) is 0 Å². The van der Waals surface area contributed by atoms with E-state index in [0.717, 1.165) is 42.4 Å². The number of carbonyl (C=O) groups is 2. The lowest BCUT2D eigenvalue weighted by Crippen LogP contribution is -2.19. The lowest BCUT2D eigenvalue weighted by atomic mass is 9.95. The number of primary amides is 1. The van der Waals surface area contributed by atoms with Crippen LogP contribution < -0.4 is 5.73 Å². The van der Waals surface area contributed by atoms with E-state index in [1.54, 1.807) is 0 Å². The van der Waals surface area contributed by atoms with Crippen molar-refractivity contribution >= 4 is 11.7 Å². The van der Waals surface area contributed by atoms with Crippen molar-refractivity contribution in [2.75, 3.05) is 0 Å². The van der Waals surface area contributed by atoms with Gasteiger partial charge in [-0.15, -0.1) is 0 Å². The molecule has 1 atom stereocenters. The fourth-order valence-electron chi connectivity index (χ4n) is 4.55. The number of aryl methyl sites for hydroxylation is 3. The maximum atomic E-state index is 12.5. The summed E-state index contributed by atoms with van der Waals surface area (Å²) in [6.07, 6.45) is 5.21. The van der Waals surface area contributed by atoms with Gasteiger partial charge in [0.05, 0.1) is 5.92 Å². The molecule has 0 aromatic heterocycles. The van der Waals surface area contributed by atoms with Crippen LogP contribution in [0, 0.1) is 6.92 Å². The van der Waals surface area contributed by atoms with Gasteiger partial charge in [0.1, 0.15) is 0 Å². The van der Waals surface area contributed by atoms with Crippen molar-refractivity contribution in [3.8, 4) is 0 Å². The van der Waals surface area contributed by atoms with Gasteiger partial charge in [-0.1, -0.05) is 72.3 Å². The summed E-state index contributed by atoms with van der Waals surface area (Å²) >= 11 is 0. The minimum Gasteiger partial charge on any atom is -0.369 e. The number of hydrogen-bond acceptors (Lipinski definition) is 2. The first-order valence-electron chi connectivity index (χ1n) is 10.6. The Morgan fingerprint density at radius 2 is 1.57 bits per heavy atom. The highest BCUT2D eigenvalue weighted by Crippen LogP contribution is 2.32. The molecular weight excluding hydrogens is 370 g/mol. The van der Waals surface area contributed by atoms with Gasteiger partial charge in [0.15, 0.2) is 5.78 Å². The van der Waals surface area contributed by atoms with Crippen LogP contribution in [0.5, 0.6) is 0 Å². The number of fused-ring (bicyclic) bond motifs is 2. The summed E-state index contributed by atoms with van der Waals surface area (Å²) in [5, 5.41) is 0. The highest BCUT2D eigenvalue weighted by Gasteiger charge is 2.25.